The third-order valence-electron chi connectivity index (χ3n) is 1.91. The van der Waals surface area contributed by atoms with Crippen LogP contribution in [0.1, 0.15) is 12.5 Å². The first kappa shape index (κ1) is 11.3. The lowest BCUT2D eigenvalue weighted by Crippen LogP contribution is -2.30. The van der Waals surface area contributed by atoms with Gasteiger partial charge in [0.15, 0.2) is 0 Å². The second kappa shape index (κ2) is 5.86. The van der Waals surface area contributed by atoms with Gasteiger partial charge in [0.25, 0.3) is 0 Å². The summed E-state index contributed by atoms with van der Waals surface area (Å²) >= 11 is 0. The van der Waals surface area contributed by atoms with Gasteiger partial charge in [-0.05, 0) is 12.5 Å². The van der Waals surface area contributed by atoms with Crippen molar-refractivity contribution in [1.29, 1.82) is 0 Å². The molecule has 0 saturated carbocycles. The molecule has 3 nitrogen and oxygen atoms in total. The molecule has 0 fully saturated rings. The van der Waals surface area contributed by atoms with Crippen LogP contribution in [0.4, 0.5) is 4.79 Å². The summed E-state index contributed by atoms with van der Waals surface area (Å²) in [5.74, 6) is 0. The van der Waals surface area contributed by atoms with Crippen molar-refractivity contribution >= 4 is 12.2 Å². The molecule has 0 spiro atoms. The van der Waals surface area contributed by atoms with Gasteiger partial charge in [-0.1, -0.05) is 42.5 Å². The Bertz CT molecular complexity index is 333. The first-order chi connectivity index (χ1) is 7.22. The predicted molar refractivity (Wildman–Crippen MR) is 60.5 cm³/mol. The van der Waals surface area contributed by atoms with E-state index in [1.54, 1.807) is 0 Å². The molecule has 1 rings (SSSR count). The maximum absolute atomic E-state index is 10.9. The maximum Gasteiger partial charge on any atom is 0.407 e. The van der Waals surface area contributed by atoms with Crippen LogP contribution in [-0.2, 0) is 4.74 Å². The molecule has 0 bridgehead atoms. The van der Waals surface area contributed by atoms with Gasteiger partial charge in [0.1, 0.15) is 0 Å². The lowest BCUT2D eigenvalue weighted by molar-refractivity contribution is 0.169. The van der Waals surface area contributed by atoms with Gasteiger partial charge in [-0.3, -0.25) is 0 Å². The van der Waals surface area contributed by atoms with E-state index >= 15 is 0 Å². The Hall–Kier alpha value is -1.77. The number of carbonyl (C=O) groups excluding carboxylic acids is 1. The van der Waals surface area contributed by atoms with Gasteiger partial charge in [0, 0.05) is 6.04 Å². The van der Waals surface area contributed by atoms with Crippen LogP contribution in [0.5, 0.6) is 0 Å². The van der Waals surface area contributed by atoms with E-state index in [0.29, 0.717) is 0 Å². The molecular weight excluding hydrogens is 190 g/mol. The zero-order valence-electron chi connectivity index (χ0n) is 8.94. The number of hydrogen-bond acceptors (Lipinski definition) is 2. The fraction of sp³-hybridized carbons (Fsp3) is 0.250. The molecule has 3 heteroatoms. The number of rotatable bonds is 3. The van der Waals surface area contributed by atoms with E-state index in [1.807, 2.05) is 49.4 Å². The fourth-order valence-corrected chi connectivity index (χ4v) is 1.11. The number of alkyl carbamates (subject to hydrolysis) is 1. The summed E-state index contributed by atoms with van der Waals surface area (Å²) in [6.07, 6.45) is 3.45. The van der Waals surface area contributed by atoms with E-state index in [0.717, 1.165) is 5.56 Å². The fourth-order valence-electron chi connectivity index (χ4n) is 1.11. The Morgan fingerprint density at radius 3 is 2.67 bits per heavy atom. The minimum absolute atomic E-state index is 0.0438. The van der Waals surface area contributed by atoms with Gasteiger partial charge in [-0.25, -0.2) is 4.79 Å². The maximum atomic E-state index is 10.9. The van der Waals surface area contributed by atoms with Gasteiger partial charge in [0.05, 0.1) is 7.11 Å². The van der Waals surface area contributed by atoms with Crippen molar-refractivity contribution in [2.45, 2.75) is 13.0 Å². The van der Waals surface area contributed by atoms with Crippen molar-refractivity contribution < 1.29 is 9.53 Å². The molecule has 0 saturated heterocycles. The summed E-state index contributed by atoms with van der Waals surface area (Å²) in [5, 5.41) is 2.65. The lowest BCUT2D eigenvalue weighted by atomic mass is 10.2. The molecule has 0 aliphatic rings. The molecule has 1 N–H and O–H groups in total. The number of ether oxygens (including phenoxy) is 1. The highest BCUT2D eigenvalue weighted by atomic mass is 16.5. The quantitative estimate of drug-likeness (QED) is 0.823. The van der Waals surface area contributed by atoms with Crippen molar-refractivity contribution in [3.05, 3.63) is 42.0 Å². The smallest absolute Gasteiger partial charge is 0.407 e. The van der Waals surface area contributed by atoms with Crippen molar-refractivity contribution in [2.75, 3.05) is 7.11 Å². The van der Waals surface area contributed by atoms with Gasteiger partial charge in [-0.2, -0.15) is 0 Å². The minimum Gasteiger partial charge on any atom is -0.453 e. The molecule has 0 aliphatic carbocycles. The van der Waals surface area contributed by atoms with Crippen LogP contribution in [-0.4, -0.2) is 19.2 Å². The lowest BCUT2D eigenvalue weighted by Gasteiger charge is -2.07. The van der Waals surface area contributed by atoms with Crippen LogP contribution in [0, 0.1) is 0 Å². The van der Waals surface area contributed by atoms with Gasteiger partial charge >= 0.3 is 6.09 Å². The predicted octanol–water partition coefficient (Wildman–Crippen LogP) is 2.44. The van der Waals surface area contributed by atoms with Gasteiger partial charge < -0.3 is 10.1 Å². The zero-order valence-corrected chi connectivity index (χ0v) is 8.94. The largest absolute Gasteiger partial charge is 0.453 e. The summed E-state index contributed by atoms with van der Waals surface area (Å²) in [7, 11) is 1.35. The molecule has 80 valence electrons. The molecule has 0 unspecified atom stereocenters. The SMILES string of the molecule is COC(=O)N[C@@H](C)/C=C/c1ccccc1. The molecule has 0 aliphatic heterocycles. The third-order valence-corrected chi connectivity index (χ3v) is 1.91. The normalized spacial score (nSPS) is 12.4. The van der Waals surface area contributed by atoms with Crippen molar-refractivity contribution in [3.8, 4) is 0 Å². The first-order valence-corrected chi connectivity index (χ1v) is 4.80. The van der Waals surface area contributed by atoms with E-state index in [9.17, 15) is 4.79 Å². The average Bonchev–Trinajstić information content (AvgIpc) is 2.27. The molecular formula is C12H15NO2. The van der Waals surface area contributed by atoms with E-state index < -0.39 is 6.09 Å². The number of amides is 1. The summed E-state index contributed by atoms with van der Waals surface area (Å²) < 4.78 is 4.49. The summed E-state index contributed by atoms with van der Waals surface area (Å²) in [5.41, 5.74) is 1.11. The average molecular weight is 205 g/mol. The van der Waals surface area contributed by atoms with E-state index in [1.165, 1.54) is 7.11 Å². The van der Waals surface area contributed by atoms with Gasteiger partial charge in [-0.15, -0.1) is 0 Å². The third kappa shape index (κ3) is 4.31. The highest BCUT2D eigenvalue weighted by molar-refractivity contribution is 5.68. The van der Waals surface area contributed by atoms with E-state index in [4.69, 9.17) is 0 Å². The summed E-state index contributed by atoms with van der Waals surface area (Å²) in [6, 6.07) is 9.87. The molecule has 1 aromatic rings. The molecule has 0 aromatic heterocycles. The van der Waals surface area contributed by atoms with Crippen molar-refractivity contribution in [1.82, 2.24) is 5.32 Å². The number of benzene rings is 1. The van der Waals surface area contributed by atoms with Crippen LogP contribution in [0.2, 0.25) is 0 Å². The van der Waals surface area contributed by atoms with Crippen LogP contribution in [0.3, 0.4) is 0 Å². The number of hydrogen-bond donors (Lipinski definition) is 1. The van der Waals surface area contributed by atoms with E-state index in [-0.39, 0.29) is 6.04 Å². The van der Waals surface area contributed by atoms with E-state index in [2.05, 4.69) is 10.1 Å². The Morgan fingerprint density at radius 2 is 2.07 bits per heavy atom. The van der Waals surface area contributed by atoms with Crippen LogP contribution >= 0.6 is 0 Å². The standard InChI is InChI=1S/C12H15NO2/c1-10(13-12(14)15-2)8-9-11-6-4-3-5-7-11/h3-10H,1-2H3,(H,13,14)/b9-8+/t10-/m0/s1. The number of carbonyl (C=O) groups is 1. The Kier molecular flexibility index (Phi) is 4.41. The Labute approximate surface area is 89.8 Å². The Morgan fingerprint density at radius 1 is 1.40 bits per heavy atom. The Balaban J connectivity index is 2.47. The van der Waals surface area contributed by atoms with Gasteiger partial charge in [0.2, 0.25) is 0 Å². The second-order valence-corrected chi connectivity index (χ2v) is 3.19. The monoisotopic (exact) mass is 205 g/mol. The second-order valence-electron chi connectivity index (χ2n) is 3.19. The minimum atomic E-state index is -0.416. The summed E-state index contributed by atoms with van der Waals surface area (Å²) in [6.45, 7) is 1.89. The molecule has 0 radical (unpaired) electrons. The number of methoxy groups -OCH3 is 1. The highest BCUT2D eigenvalue weighted by Gasteiger charge is 2.01. The first-order valence-electron chi connectivity index (χ1n) is 4.80. The van der Waals surface area contributed by atoms with Crippen molar-refractivity contribution in [3.63, 3.8) is 0 Å². The molecule has 1 amide bonds. The van der Waals surface area contributed by atoms with Crippen LogP contribution in [0.15, 0.2) is 36.4 Å². The number of nitrogens with one attached hydrogen (secondary N) is 1. The zero-order chi connectivity index (χ0) is 11.1. The highest BCUT2D eigenvalue weighted by Crippen LogP contribution is 2.01. The molecule has 1 atom stereocenters. The molecule has 1 aromatic carbocycles. The molecule has 15 heavy (non-hydrogen) atoms. The molecule has 0 heterocycles. The van der Waals surface area contributed by atoms with Crippen molar-refractivity contribution in [2.24, 2.45) is 0 Å². The topological polar surface area (TPSA) is 38.3 Å². The van der Waals surface area contributed by atoms with Crippen LogP contribution < -0.4 is 5.32 Å². The summed E-state index contributed by atoms with van der Waals surface area (Å²) in [4.78, 5) is 10.9. The van der Waals surface area contributed by atoms with Crippen LogP contribution in [0.25, 0.3) is 6.08 Å².